The van der Waals surface area contributed by atoms with Crippen molar-refractivity contribution in [1.29, 1.82) is 0 Å². The largest absolute Gasteiger partial charge is 0.445 e. The van der Waals surface area contributed by atoms with E-state index in [1.165, 1.54) is 18.2 Å². The Morgan fingerprint density at radius 2 is 2.10 bits per heavy atom. The summed E-state index contributed by atoms with van der Waals surface area (Å²) in [7, 11) is 1.42. The zero-order chi connectivity index (χ0) is 14.6. The molecule has 0 spiro atoms. The minimum absolute atomic E-state index is 0.193. The molecule has 6 heteroatoms. The maximum atomic E-state index is 11.9. The zero-order valence-electron chi connectivity index (χ0n) is 11.4. The molecule has 0 saturated carbocycles. The summed E-state index contributed by atoms with van der Waals surface area (Å²) < 4.78 is 5.19. The highest BCUT2D eigenvalue weighted by atomic mass is 16.6. The molecule has 0 atom stereocenters. The fourth-order valence-electron chi connectivity index (χ4n) is 1.48. The molecule has 0 aliphatic carbocycles. The lowest BCUT2D eigenvalue weighted by molar-refractivity contribution is -0.108. The van der Waals surface area contributed by atoms with Crippen molar-refractivity contribution in [3.8, 4) is 0 Å². The van der Waals surface area contributed by atoms with Gasteiger partial charge in [0, 0.05) is 13.0 Å². The Morgan fingerprint density at radius 1 is 1.35 bits per heavy atom. The van der Waals surface area contributed by atoms with Gasteiger partial charge in [-0.15, -0.1) is 0 Å². The van der Waals surface area contributed by atoms with Crippen LogP contribution in [0.3, 0.4) is 0 Å². The van der Waals surface area contributed by atoms with Gasteiger partial charge in [-0.2, -0.15) is 0 Å². The lowest BCUT2D eigenvalue weighted by Gasteiger charge is -2.19. The molecule has 0 unspecified atom stereocenters. The Bertz CT molecular complexity index is 434. The first kappa shape index (κ1) is 15.7. The number of carbonyl (C=O) groups is 2. The molecule has 0 aromatic heterocycles. The molecule has 6 nitrogen and oxygen atoms in total. The van der Waals surface area contributed by atoms with Gasteiger partial charge in [0.05, 0.1) is 12.8 Å². The molecule has 0 radical (unpaired) electrons. The smallest absolute Gasteiger partial charge is 0.410 e. The third kappa shape index (κ3) is 5.99. The van der Waals surface area contributed by atoms with E-state index < -0.39 is 6.09 Å². The van der Waals surface area contributed by atoms with Gasteiger partial charge in [-0.3, -0.25) is 0 Å². The molecule has 0 fully saturated rings. The number of hydrogen-bond donors (Lipinski definition) is 0. The predicted octanol–water partition coefficient (Wildman–Crippen LogP) is 1.85. The molecule has 108 valence electrons. The number of hydrogen-bond acceptors (Lipinski definition) is 5. The molecule has 0 aliphatic rings. The first-order valence-electron chi connectivity index (χ1n) is 6.22. The van der Waals surface area contributed by atoms with Gasteiger partial charge in [0.1, 0.15) is 20.0 Å². The second-order valence-electron chi connectivity index (χ2n) is 3.91. The Balaban J connectivity index is 2.48. The Hall–Kier alpha value is -2.37. The van der Waals surface area contributed by atoms with E-state index in [-0.39, 0.29) is 26.1 Å². The third-order valence-electron chi connectivity index (χ3n) is 2.46. The van der Waals surface area contributed by atoms with Crippen LogP contribution in [0.25, 0.3) is 0 Å². The number of rotatable bonds is 8. The molecule has 0 heterocycles. The van der Waals surface area contributed by atoms with Gasteiger partial charge < -0.3 is 19.3 Å². The lowest BCUT2D eigenvalue weighted by atomic mass is 10.2. The summed E-state index contributed by atoms with van der Waals surface area (Å²) in [6.45, 7) is 0.709. The summed E-state index contributed by atoms with van der Waals surface area (Å²) in [6.07, 6.45) is 1.96. The third-order valence-corrected chi connectivity index (χ3v) is 2.46. The fourth-order valence-corrected chi connectivity index (χ4v) is 1.48. The van der Waals surface area contributed by atoms with E-state index >= 15 is 0 Å². The number of nitrogens with zero attached hydrogens (tertiary/aromatic N) is 2. The van der Waals surface area contributed by atoms with E-state index in [4.69, 9.17) is 4.74 Å². The summed E-state index contributed by atoms with van der Waals surface area (Å²) >= 11 is 0. The summed E-state index contributed by atoms with van der Waals surface area (Å²) in [5.41, 5.74) is 0.904. The molecule has 20 heavy (non-hydrogen) atoms. The number of aldehydes is 1. The van der Waals surface area contributed by atoms with Crippen LogP contribution in [-0.2, 0) is 21.0 Å². The van der Waals surface area contributed by atoms with Crippen LogP contribution in [-0.4, -0.2) is 43.7 Å². The zero-order valence-corrected chi connectivity index (χ0v) is 11.4. The van der Waals surface area contributed by atoms with E-state index in [9.17, 15) is 9.59 Å². The van der Waals surface area contributed by atoms with Gasteiger partial charge >= 0.3 is 6.09 Å². The Morgan fingerprint density at radius 3 is 2.75 bits per heavy atom. The SMILES string of the molecule is CO/N=C/CN(CCC=O)C(=O)OCc1ccccc1. The molecular formula is C14H18N2O4. The first-order chi connectivity index (χ1) is 9.77. The maximum Gasteiger partial charge on any atom is 0.410 e. The van der Waals surface area contributed by atoms with Crippen molar-refractivity contribution in [2.24, 2.45) is 5.16 Å². The van der Waals surface area contributed by atoms with Crippen molar-refractivity contribution in [1.82, 2.24) is 4.90 Å². The minimum Gasteiger partial charge on any atom is -0.445 e. The van der Waals surface area contributed by atoms with Crippen LogP contribution in [0.15, 0.2) is 35.5 Å². The van der Waals surface area contributed by atoms with Gasteiger partial charge in [-0.25, -0.2) is 4.79 Å². The van der Waals surface area contributed by atoms with Crippen molar-refractivity contribution in [3.05, 3.63) is 35.9 Å². The summed E-state index contributed by atoms with van der Waals surface area (Å²) in [5, 5.41) is 3.56. The molecule has 1 aromatic carbocycles. The molecule has 0 saturated heterocycles. The number of ether oxygens (including phenoxy) is 1. The Labute approximate surface area is 118 Å². The van der Waals surface area contributed by atoms with E-state index in [1.807, 2.05) is 30.3 Å². The van der Waals surface area contributed by atoms with Crippen LogP contribution >= 0.6 is 0 Å². The predicted molar refractivity (Wildman–Crippen MR) is 74.4 cm³/mol. The van der Waals surface area contributed by atoms with Crippen molar-refractivity contribution >= 4 is 18.6 Å². The van der Waals surface area contributed by atoms with Crippen LogP contribution in [0.4, 0.5) is 4.79 Å². The van der Waals surface area contributed by atoms with Gasteiger partial charge in [0.2, 0.25) is 0 Å². The van der Waals surface area contributed by atoms with Crippen LogP contribution in [0, 0.1) is 0 Å². The quantitative estimate of drug-likeness (QED) is 0.413. The lowest BCUT2D eigenvalue weighted by Crippen LogP contribution is -2.34. The van der Waals surface area contributed by atoms with Crippen LogP contribution < -0.4 is 0 Å². The van der Waals surface area contributed by atoms with Gasteiger partial charge in [-0.05, 0) is 5.56 Å². The summed E-state index contributed by atoms with van der Waals surface area (Å²) in [6, 6.07) is 9.38. The van der Waals surface area contributed by atoms with Crippen LogP contribution in [0.5, 0.6) is 0 Å². The molecule has 0 aliphatic heterocycles. The first-order valence-corrected chi connectivity index (χ1v) is 6.22. The minimum atomic E-state index is -0.488. The normalized spacial score (nSPS) is 10.2. The molecule has 0 bridgehead atoms. The van der Waals surface area contributed by atoms with Crippen molar-refractivity contribution in [2.45, 2.75) is 13.0 Å². The molecule has 1 amide bonds. The van der Waals surface area contributed by atoms with E-state index in [0.717, 1.165) is 11.8 Å². The topological polar surface area (TPSA) is 68.2 Å². The number of carbonyl (C=O) groups excluding carboxylic acids is 2. The van der Waals surface area contributed by atoms with Gasteiger partial charge in [0.25, 0.3) is 0 Å². The number of amides is 1. The molecule has 1 rings (SSSR count). The fraction of sp³-hybridized carbons (Fsp3) is 0.357. The highest BCUT2D eigenvalue weighted by molar-refractivity contribution is 5.73. The van der Waals surface area contributed by atoms with Gasteiger partial charge in [0.15, 0.2) is 0 Å². The average Bonchev–Trinajstić information content (AvgIpc) is 2.49. The maximum absolute atomic E-state index is 11.9. The highest BCUT2D eigenvalue weighted by Gasteiger charge is 2.13. The van der Waals surface area contributed by atoms with E-state index in [1.54, 1.807) is 0 Å². The van der Waals surface area contributed by atoms with Crippen LogP contribution in [0.2, 0.25) is 0 Å². The van der Waals surface area contributed by atoms with Gasteiger partial charge in [-0.1, -0.05) is 35.5 Å². The highest BCUT2D eigenvalue weighted by Crippen LogP contribution is 2.03. The average molecular weight is 278 g/mol. The second kappa shape index (κ2) is 9.55. The van der Waals surface area contributed by atoms with E-state index in [2.05, 4.69) is 9.99 Å². The van der Waals surface area contributed by atoms with E-state index in [0.29, 0.717) is 0 Å². The van der Waals surface area contributed by atoms with Crippen molar-refractivity contribution < 1.29 is 19.2 Å². The van der Waals surface area contributed by atoms with Crippen molar-refractivity contribution in [2.75, 3.05) is 20.2 Å². The summed E-state index contributed by atoms with van der Waals surface area (Å²) in [5.74, 6) is 0. The monoisotopic (exact) mass is 278 g/mol. The molecule has 0 N–H and O–H groups in total. The van der Waals surface area contributed by atoms with Crippen LogP contribution in [0.1, 0.15) is 12.0 Å². The number of benzene rings is 1. The Kier molecular flexibility index (Phi) is 7.49. The molecular weight excluding hydrogens is 260 g/mol. The standard InChI is InChI=1S/C14H18N2O4/c1-19-15-8-10-16(9-5-11-17)14(18)20-12-13-6-3-2-4-7-13/h2-4,6-8,11H,5,9-10,12H2,1H3/b15-8+. The molecule has 1 aromatic rings. The number of oxime groups is 1. The second-order valence-corrected chi connectivity index (χ2v) is 3.91. The van der Waals surface area contributed by atoms with Crippen molar-refractivity contribution in [3.63, 3.8) is 0 Å². The summed E-state index contributed by atoms with van der Waals surface area (Å²) in [4.78, 5) is 28.2.